The van der Waals surface area contributed by atoms with E-state index in [1.54, 1.807) is 19.2 Å². The zero-order valence-electron chi connectivity index (χ0n) is 15.9. The molecular weight excluding hydrogens is 447 g/mol. The molecule has 1 aliphatic rings. The summed E-state index contributed by atoms with van der Waals surface area (Å²) in [6.45, 7) is 3.98. The summed E-state index contributed by atoms with van der Waals surface area (Å²) in [5.41, 5.74) is 1.42. The molecule has 28 heavy (non-hydrogen) atoms. The lowest BCUT2D eigenvalue weighted by molar-refractivity contribution is 0.277. The Morgan fingerprint density at radius 3 is 2.79 bits per heavy atom. The largest absolute Gasteiger partial charge is 0.493 e. The number of ether oxygens (including phenoxy) is 2. The molecule has 7 heteroatoms. The number of halogens is 3. The SMILES string of the molecule is COc1cc(CNCC2CCNCC2)cc(Br)c1OCc1c(F)cccc1Cl. The van der Waals surface area contributed by atoms with Crippen LogP contribution >= 0.6 is 27.5 Å². The van der Waals surface area contributed by atoms with Crippen LogP contribution in [0.15, 0.2) is 34.8 Å². The van der Waals surface area contributed by atoms with Gasteiger partial charge in [-0.05, 0) is 84.2 Å². The zero-order chi connectivity index (χ0) is 19.9. The lowest BCUT2D eigenvalue weighted by Gasteiger charge is -2.23. The Balaban J connectivity index is 1.64. The van der Waals surface area contributed by atoms with Gasteiger partial charge in [-0.2, -0.15) is 0 Å². The van der Waals surface area contributed by atoms with E-state index in [1.165, 1.54) is 18.9 Å². The van der Waals surface area contributed by atoms with E-state index < -0.39 is 0 Å². The third kappa shape index (κ3) is 5.60. The minimum absolute atomic E-state index is 0.0216. The van der Waals surface area contributed by atoms with Gasteiger partial charge >= 0.3 is 0 Å². The van der Waals surface area contributed by atoms with Crippen LogP contribution < -0.4 is 20.1 Å². The number of piperidine rings is 1. The van der Waals surface area contributed by atoms with Crippen molar-refractivity contribution in [3.63, 3.8) is 0 Å². The third-order valence-electron chi connectivity index (χ3n) is 4.93. The molecule has 0 spiro atoms. The maximum Gasteiger partial charge on any atom is 0.175 e. The van der Waals surface area contributed by atoms with Crippen molar-refractivity contribution in [2.75, 3.05) is 26.7 Å². The molecule has 0 unspecified atom stereocenters. The Morgan fingerprint density at radius 1 is 1.29 bits per heavy atom. The van der Waals surface area contributed by atoms with Gasteiger partial charge in [0.2, 0.25) is 0 Å². The molecule has 152 valence electrons. The fraction of sp³-hybridized carbons (Fsp3) is 0.429. The van der Waals surface area contributed by atoms with E-state index in [4.69, 9.17) is 21.1 Å². The maximum absolute atomic E-state index is 14.0. The Kier molecular flexibility index (Phi) is 7.97. The molecule has 4 nitrogen and oxygen atoms in total. The van der Waals surface area contributed by atoms with Crippen LogP contribution in [0, 0.1) is 11.7 Å². The molecule has 1 heterocycles. The average Bonchev–Trinajstić information content (AvgIpc) is 2.69. The molecular formula is C21H25BrClFN2O2. The molecule has 2 aromatic rings. The summed E-state index contributed by atoms with van der Waals surface area (Å²) >= 11 is 9.63. The van der Waals surface area contributed by atoms with Gasteiger partial charge in [0.1, 0.15) is 12.4 Å². The lowest BCUT2D eigenvalue weighted by Crippen LogP contribution is -2.33. The van der Waals surface area contributed by atoms with Crippen molar-refractivity contribution in [3.8, 4) is 11.5 Å². The first kappa shape index (κ1) is 21.4. The molecule has 0 aliphatic carbocycles. The maximum atomic E-state index is 14.0. The van der Waals surface area contributed by atoms with E-state index in [1.807, 2.05) is 12.1 Å². The van der Waals surface area contributed by atoms with E-state index in [-0.39, 0.29) is 12.4 Å². The molecule has 1 aliphatic heterocycles. The van der Waals surface area contributed by atoms with Gasteiger partial charge in [0.15, 0.2) is 11.5 Å². The minimum Gasteiger partial charge on any atom is -0.493 e. The fourth-order valence-corrected chi connectivity index (χ4v) is 4.16. The summed E-state index contributed by atoms with van der Waals surface area (Å²) in [6.07, 6.45) is 2.43. The second-order valence-corrected chi connectivity index (χ2v) is 8.18. The molecule has 0 atom stereocenters. The topological polar surface area (TPSA) is 42.5 Å². The molecule has 0 aromatic heterocycles. The number of hydrogen-bond donors (Lipinski definition) is 2. The van der Waals surface area contributed by atoms with Crippen LogP contribution in [-0.2, 0) is 13.2 Å². The number of hydrogen-bond acceptors (Lipinski definition) is 4. The van der Waals surface area contributed by atoms with Gasteiger partial charge in [0.05, 0.1) is 16.6 Å². The number of rotatable bonds is 8. The molecule has 0 saturated carbocycles. The molecule has 0 radical (unpaired) electrons. The second kappa shape index (κ2) is 10.4. The quantitative estimate of drug-likeness (QED) is 0.574. The predicted molar refractivity (Wildman–Crippen MR) is 114 cm³/mol. The van der Waals surface area contributed by atoms with Crippen LogP contribution in [0.4, 0.5) is 4.39 Å². The van der Waals surface area contributed by atoms with Gasteiger partial charge in [-0.1, -0.05) is 17.7 Å². The fourth-order valence-electron chi connectivity index (χ4n) is 3.34. The number of methoxy groups -OCH3 is 1. The molecule has 0 bridgehead atoms. The van der Waals surface area contributed by atoms with Gasteiger partial charge in [-0.25, -0.2) is 4.39 Å². The van der Waals surface area contributed by atoms with Crippen LogP contribution in [0.25, 0.3) is 0 Å². The van der Waals surface area contributed by atoms with Crippen molar-refractivity contribution < 1.29 is 13.9 Å². The Bertz CT molecular complexity index is 780. The molecule has 3 rings (SSSR count). The molecule has 2 aromatic carbocycles. The highest BCUT2D eigenvalue weighted by Crippen LogP contribution is 2.37. The highest BCUT2D eigenvalue weighted by molar-refractivity contribution is 9.10. The van der Waals surface area contributed by atoms with Gasteiger partial charge in [-0.3, -0.25) is 0 Å². The third-order valence-corrected chi connectivity index (χ3v) is 5.88. The van der Waals surface area contributed by atoms with Gasteiger partial charge < -0.3 is 20.1 Å². The van der Waals surface area contributed by atoms with Crippen LogP contribution in [0.3, 0.4) is 0 Å². The second-order valence-electron chi connectivity index (χ2n) is 6.92. The summed E-state index contributed by atoms with van der Waals surface area (Å²) < 4.78 is 26.1. The van der Waals surface area contributed by atoms with Crippen molar-refractivity contribution in [1.29, 1.82) is 0 Å². The molecule has 0 amide bonds. The average molecular weight is 472 g/mol. The highest BCUT2D eigenvalue weighted by Gasteiger charge is 2.16. The first-order chi connectivity index (χ1) is 13.6. The Morgan fingerprint density at radius 2 is 2.07 bits per heavy atom. The summed E-state index contributed by atoms with van der Waals surface area (Å²) in [5.74, 6) is 1.46. The molecule has 1 saturated heterocycles. The van der Waals surface area contributed by atoms with E-state index >= 15 is 0 Å². The molecule has 2 N–H and O–H groups in total. The monoisotopic (exact) mass is 470 g/mol. The number of nitrogens with one attached hydrogen (secondary N) is 2. The van der Waals surface area contributed by atoms with Crippen molar-refractivity contribution in [2.45, 2.75) is 26.0 Å². The summed E-state index contributed by atoms with van der Waals surface area (Å²) in [4.78, 5) is 0. The summed E-state index contributed by atoms with van der Waals surface area (Å²) in [5, 5.41) is 7.26. The van der Waals surface area contributed by atoms with Crippen molar-refractivity contribution in [2.24, 2.45) is 5.92 Å². The summed E-state index contributed by atoms with van der Waals surface area (Å²) in [7, 11) is 1.59. The first-order valence-corrected chi connectivity index (χ1v) is 10.6. The Hall–Kier alpha value is -1.34. The van der Waals surface area contributed by atoms with Crippen molar-refractivity contribution in [1.82, 2.24) is 10.6 Å². The van der Waals surface area contributed by atoms with E-state index in [0.29, 0.717) is 22.1 Å². The standard InChI is InChI=1S/C21H25BrClFN2O2/c1-27-20-10-15(12-26-11-14-5-7-25-8-6-14)9-17(22)21(20)28-13-16-18(23)3-2-4-19(16)24/h2-4,9-10,14,25-26H,5-8,11-13H2,1H3. The van der Waals surface area contributed by atoms with Crippen LogP contribution in [0.2, 0.25) is 5.02 Å². The highest BCUT2D eigenvalue weighted by atomic mass is 79.9. The van der Waals surface area contributed by atoms with E-state index in [2.05, 4.69) is 26.6 Å². The number of benzene rings is 2. The summed E-state index contributed by atoms with van der Waals surface area (Å²) in [6, 6.07) is 8.53. The van der Waals surface area contributed by atoms with Crippen LogP contribution in [0.1, 0.15) is 24.0 Å². The van der Waals surface area contributed by atoms with Crippen molar-refractivity contribution in [3.05, 3.63) is 56.8 Å². The normalized spacial score (nSPS) is 14.9. The van der Waals surface area contributed by atoms with Crippen molar-refractivity contribution >= 4 is 27.5 Å². The first-order valence-electron chi connectivity index (χ1n) is 9.42. The molecule has 1 fully saturated rings. The minimum atomic E-state index is -0.388. The van der Waals surface area contributed by atoms with Crippen LogP contribution in [0.5, 0.6) is 11.5 Å². The van der Waals surface area contributed by atoms with Gasteiger partial charge in [-0.15, -0.1) is 0 Å². The lowest BCUT2D eigenvalue weighted by atomic mass is 9.98. The van der Waals surface area contributed by atoms with E-state index in [0.717, 1.165) is 42.1 Å². The Labute approximate surface area is 178 Å². The predicted octanol–water partition coefficient (Wildman–Crippen LogP) is 4.92. The van der Waals surface area contributed by atoms with Gasteiger partial charge in [0, 0.05) is 12.1 Å². The smallest absolute Gasteiger partial charge is 0.175 e. The zero-order valence-corrected chi connectivity index (χ0v) is 18.2. The van der Waals surface area contributed by atoms with Crippen LogP contribution in [-0.4, -0.2) is 26.7 Å². The van der Waals surface area contributed by atoms with Gasteiger partial charge in [0.25, 0.3) is 0 Å². The van der Waals surface area contributed by atoms with E-state index in [9.17, 15) is 4.39 Å².